The summed E-state index contributed by atoms with van der Waals surface area (Å²) >= 11 is 0. The molecule has 6 heteroatoms. The molecule has 0 heterocycles. The first-order valence-corrected chi connectivity index (χ1v) is 9.16. The smallest absolute Gasteiger partial charge is 0.122 e. The normalized spacial score (nSPS) is 11.7. The van der Waals surface area contributed by atoms with Gasteiger partial charge >= 0.3 is 0 Å². The van der Waals surface area contributed by atoms with Gasteiger partial charge in [0.25, 0.3) is 0 Å². The first kappa shape index (κ1) is 21.3. The fourth-order valence-corrected chi connectivity index (χ4v) is 2.38. The van der Waals surface area contributed by atoms with E-state index in [9.17, 15) is 0 Å². The third-order valence-corrected chi connectivity index (χ3v) is 5.36. The summed E-state index contributed by atoms with van der Waals surface area (Å²) in [7, 11) is 0. The quantitative estimate of drug-likeness (QED) is 0.390. The number of hydrogen-bond donors (Lipinski definition) is 4. The second-order valence-electron chi connectivity index (χ2n) is 8.22. The van der Waals surface area contributed by atoms with E-state index >= 15 is 0 Å². The van der Waals surface area contributed by atoms with Gasteiger partial charge in [-0.2, -0.15) is 0 Å². The molecule has 2 aromatic carbocycles. The van der Waals surface area contributed by atoms with Gasteiger partial charge in [-0.15, -0.1) is 0 Å². The number of ether oxygens (including phenoxy) is 2. The summed E-state index contributed by atoms with van der Waals surface area (Å²) in [5.74, 6) is 1.58. The van der Waals surface area contributed by atoms with Crippen LogP contribution in [0.2, 0.25) is 0 Å². The van der Waals surface area contributed by atoms with Gasteiger partial charge in [0.15, 0.2) is 0 Å². The molecule has 0 aliphatic carbocycles. The summed E-state index contributed by atoms with van der Waals surface area (Å²) in [5, 5.41) is 14.9. The van der Waals surface area contributed by atoms with Crippen LogP contribution < -0.4 is 20.9 Å². The minimum absolute atomic E-state index is 0.0431. The molecule has 150 valence electrons. The number of benzene rings is 2. The van der Waals surface area contributed by atoms with Crippen molar-refractivity contribution >= 4 is 11.7 Å². The van der Waals surface area contributed by atoms with Crippen molar-refractivity contribution in [2.75, 3.05) is 13.2 Å². The lowest BCUT2D eigenvalue weighted by molar-refractivity contribution is 0.0103. The Morgan fingerprint density at radius 2 is 0.964 bits per heavy atom. The topological polar surface area (TPSA) is 118 Å². The molecule has 0 saturated heterocycles. The molecule has 6 nitrogen and oxygen atoms in total. The summed E-state index contributed by atoms with van der Waals surface area (Å²) in [6, 6.07) is 14.4. The molecule has 0 saturated carbocycles. The Labute approximate surface area is 166 Å². The molecule has 28 heavy (non-hydrogen) atoms. The summed E-state index contributed by atoms with van der Waals surface area (Å²) < 4.78 is 12.0. The van der Waals surface area contributed by atoms with E-state index in [2.05, 4.69) is 27.7 Å². The lowest BCUT2D eigenvalue weighted by Crippen LogP contribution is -2.41. The molecule has 2 rings (SSSR count). The van der Waals surface area contributed by atoms with Gasteiger partial charge in [-0.1, -0.05) is 27.7 Å². The molecule has 6 N–H and O–H groups in total. The van der Waals surface area contributed by atoms with Crippen molar-refractivity contribution in [2.24, 2.45) is 22.3 Å². The Hall–Kier alpha value is -3.02. The first-order valence-electron chi connectivity index (χ1n) is 9.16. The Bertz CT molecular complexity index is 753. The largest absolute Gasteiger partial charge is 0.493 e. The fraction of sp³-hybridized carbons (Fsp3) is 0.364. The summed E-state index contributed by atoms with van der Waals surface area (Å²) in [4.78, 5) is 0. The number of nitrogen functional groups attached to an aromatic ring is 2. The van der Waals surface area contributed by atoms with Gasteiger partial charge in [-0.05, 0) is 48.5 Å². The second kappa shape index (κ2) is 8.33. The Morgan fingerprint density at radius 3 is 1.21 bits per heavy atom. The number of amidine groups is 2. The minimum Gasteiger partial charge on any atom is -0.493 e. The lowest BCUT2D eigenvalue weighted by atomic mass is 9.69. The molecule has 0 atom stereocenters. The Morgan fingerprint density at radius 1 is 0.679 bits per heavy atom. The van der Waals surface area contributed by atoms with E-state index in [0.717, 1.165) is 11.5 Å². The maximum Gasteiger partial charge on any atom is 0.122 e. The number of nitrogens with one attached hydrogen (secondary N) is 2. The summed E-state index contributed by atoms with van der Waals surface area (Å²) in [6.45, 7) is 9.65. The van der Waals surface area contributed by atoms with Crippen molar-refractivity contribution in [3.63, 3.8) is 0 Å². The molecule has 0 spiro atoms. The van der Waals surface area contributed by atoms with Crippen LogP contribution in [-0.4, -0.2) is 24.9 Å². The van der Waals surface area contributed by atoms with Crippen LogP contribution in [0.5, 0.6) is 11.5 Å². The summed E-state index contributed by atoms with van der Waals surface area (Å²) in [6.07, 6.45) is 0. The maximum absolute atomic E-state index is 7.45. The van der Waals surface area contributed by atoms with E-state index < -0.39 is 0 Å². The Kier molecular flexibility index (Phi) is 6.33. The molecule has 0 fully saturated rings. The average Bonchev–Trinajstić information content (AvgIpc) is 2.65. The van der Waals surface area contributed by atoms with Crippen molar-refractivity contribution in [3.05, 3.63) is 59.7 Å². The average molecular weight is 383 g/mol. The van der Waals surface area contributed by atoms with Crippen LogP contribution in [0.1, 0.15) is 38.8 Å². The molecule has 0 radical (unpaired) electrons. The van der Waals surface area contributed by atoms with E-state index in [1.54, 1.807) is 24.3 Å². The highest BCUT2D eigenvalue weighted by Crippen LogP contribution is 2.39. The van der Waals surface area contributed by atoms with E-state index in [0.29, 0.717) is 24.3 Å². The first-order chi connectivity index (χ1) is 13.0. The molecular weight excluding hydrogens is 352 g/mol. The van der Waals surface area contributed by atoms with Gasteiger partial charge < -0.3 is 20.9 Å². The Balaban J connectivity index is 1.95. The zero-order chi connectivity index (χ0) is 20.9. The van der Waals surface area contributed by atoms with Crippen molar-refractivity contribution in [1.82, 2.24) is 0 Å². The fourth-order valence-electron chi connectivity index (χ4n) is 2.38. The second-order valence-corrected chi connectivity index (χ2v) is 8.22. The lowest BCUT2D eigenvalue weighted by Gasteiger charge is -2.41. The third-order valence-electron chi connectivity index (χ3n) is 5.36. The monoisotopic (exact) mass is 382 g/mol. The van der Waals surface area contributed by atoms with E-state index in [1.165, 1.54) is 0 Å². The van der Waals surface area contributed by atoms with E-state index in [1.807, 2.05) is 24.3 Å². The highest BCUT2D eigenvalue weighted by atomic mass is 16.5. The van der Waals surface area contributed by atoms with E-state index in [-0.39, 0.29) is 22.5 Å². The van der Waals surface area contributed by atoms with Crippen LogP contribution >= 0.6 is 0 Å². The standard InChI is InChI=1S/C22H30N4O2/c1-21(2,13-27-17-9-5-15(6-10-17)19(23)24)22(3,4)14-28-18-11-7-16(8-12-18)20(25)26/h5-12H,13-14H2,1-4H3,(H3,23,24)(H3,25,26). The van der Waals surface area contributed by atoms with Crippen LogP contribution in [0.4, 0.5) is 0 Å². The summed E-state index contributed by atoms with van der Waals surface area (Å²) in [5.41, 5.74) is 12.0. The molecule has 0 aromatic heterocycles. The van der Waals surface area contributed by atoms with E-state index in [4.69, 9.17) is 31.8 Å². The number of rotatable bonds is 9. The highest BCUT2D eigenvalue weighted by molar-refractivity contribution is 5.95. The van der Waals surface area contributed by atoms with Gasteiger partial charge in [0.2, 0.25) is 0 Å². The predicted octanol–water partition coefficient (Wildman–Crippen LogP) is 3.76. The van der Waals surface area contributed by atoms with Crippen LogP contribution in [0.3, 0.4) is 0 Å². The van der Waals surface area contributed by atoms with Gasteiger partial charge in [-0.25, -0.2) is 0 Å². The molecule has 0 amide bonds. The highest BCUT2D eigenvalue weighted by Gasteiger charge is 2.38. The SMILES string of the molecule is CC(C)(COc1ccc(C(=N)N)cc1)C(C)(C)COc1ccc(C(=N)N)cc1. The van der Waals surface area contributed by atoms with Crippen LogP contribution in [-0.2, 0) is 0 Å². The number of hydrogen-bond acceptors (Lipinski definition) is 4. The van der Waals surface area contributed by atoms with Crippen molar-refractivity contribution in [3.8, 4) is 11.5 Å². The van der Waals surface area contributed by atoms with Crippen molar-refractivity contribution in [1.29, 1.82) is 10.8 Å². The van der Waals surface area contributed by atoms with Gasteiger partial charge in [0.05, 0.1) is 13.2 Å². The molecule has 0 aliphatic heterocycles. The maximum atomic E-state index is 7.45. The van der Waals surface area contributed by atoms with Gasteiger partial charge in [-0.3, -0.25) is 10.8 Å². The molecular formula is C22H30N4O2. The molecule has 0 unspecified atom stereocenters. The molecule has 0 bridgehead atoms. The third kappa shape index (κ3) is 5.25. The zero-order valence-corrected chi connectivity index (χ0v) is 17.0. The van der Waals surface area contributed by atoms with Crippen molar-refractivity contribution < 1.29 is 9.47 Å². The van der Waals surface area contributed by atoms with Crippen LogP contribution in [0, 0.1) is 21.6 Å². The molecule has 0 aliphatic rings. The predicted molar refractivity (Wildman–Crippen MR) is 113 cm³/mol. The molecule has 2 aromatic rings. The minimum atomic E-state index is -0.161. The van der Waals surface area contributed by atoms with Crippen LogP contribution in [0.25, 0.3) is 0 Å². The zero-order valence-electron chi connectivity index (χ0n) is 17.0. The van der Waals surface area contributed by atoms with Crippen molar-refractivity contribution in [2.45, 2.75) is 27.7 Å². The van der Waals surface area contributed by atoms with Gasteiger partial charge in [0, 0.05) is 22.0 Å². The van der Waals surface area contributed by atoms with Gasteiger partial charge in [0.1, 0.15) is 23.2 Å². The number of nitrogens with two attached hydrogens (primary N) is 2. The van der Waals surface area contributed by atoms with Crippen LogP contribution in [0.15, 0.2) is 48.5 Å².